The van der Waals surface area contributed by atoms with E-state index in [2.05, 4.69) is 106 Å². The van der Waals surface area contributed by atoms with Crippen LogP contribution in [0, 0.1) is 0 Å². The molecule has 0 aliphatic heterocycles. The Morgan fingerprint density at radius 1 is 0.276 bits per heavy atom. The van der Waals surface area contributed by atoms with Gasteiger partial charge in [0.1, 0.15) is 13.2 Å². The highest BCUT2D eigenvalue weighted by atomic mass is 16.6. The first-order valence-corrected chi connectivity index (χ1v) is 32.6. The van der Waals surface area contributed by atoms with Crippen LogP contribution in [0.25, 0.3) is 0 Å². The minimum atomic E-state index is -0.777. The Bertz CT molecular complexity index is 1450. The van der Waals surface area contributed by atoms with E-state index in [9.17, 15) is 14.4 Å². The van der Waals surface area contributed by atoms with E-state index in [1.54, 1.807) is 0 Å². The minimum absolute atomic E-state index is 0.0753. The fourth-order valence-electron chi connectivity index (χ4n) is 9.27. The largest absolute Gasteiger partial charge is 0.462 e. The van der Waals surface area contributed by atoms with Gasteiger partial charge >= 0.3 is 17.9 Å². The molecule has 0 aliphatic carbocycles. The molecule has 0 N–H and O–H groups in total. The molecule has 0 heterocycles. The molecule has 0 radical (unpaired) electrons. The van der Waals surface area contributed by atoms with Gasteiger partial charge in [0.2, 0.25) is 0 Å². The third-order valence-electron chi connectivity index (χ3n) is 14.1. The molecule has 76 heavy (non-hydrogen) atoms. The maximum atomic E-state index is 12.9. The van der Waals surface area contributed by atoms with Crippen LogP contribution in [0.4, 0.5) is 0 Å². The zero-order valence-corrected chi connectivity index (χ0v) is 50.3. The molecule has 0 bridgehead atoms. The van der Waals surface area contributed by atoms with Gasteiger partial charge in [0, 0.05) is 19.3 Å². The highest BCUT2D eigenvalue weighted by Gasteiger charge is 2.19. The van der Waals surface area contributed by atoms with Gasteiger partial charge in [0.25, 0.3) is 0 Å². The van der Waals surface area contributed by atoms with Gasteiger partial charge in [-0.2, -0.15) is 0 Å². The number of hydrogen-bond donors (Lipinski definition) is 0. The maximum Gasteiger partial charge on any atom is 0.306 e. The summed E-state index contributed by atoms with van der Waals surface area (Å²) in [5.74, 6) is -0.874. The van der Waals surface area contributed by atoms with Crippen LogP contribution in [0.2, 0.25) is 0 Å². The molecule has 6 nitrogen and oxygen atoms in total. The van der Waals surface area contributed by atoms with E-state index in [-0.39, 0.29) is 31.1 Å². The van der Waals surface area contributed by atoms with Gasteiger partial charge in [-0.3, -0.25) is 14.4 Å². The van der Waals surface area contributed by atoms with Crippen LogP contribution in [0.3, 0.4) is 0 Å². The van der Waals surface area contributed by atoms with Crippen molar-refractivity contribution >= 4 is 17.9 Å². The minimum Gasteiger partial charge on any atom is -0.462 e. The van der Waals surface area contributed by atoms with Crippen LogP contribution in [-0.4, -0.2) is 37.2 Å². The predicted molar refractivity (Wildman–Crippen MR) is 330 cm³/mol. The summed E-state index contributed by atoms with van der Waals surface area (Å²) in [5.41, 5.74) is 0. The lowest BCUT2D eigenvalue weighted by atomic mass is 10.0. The molecule has 0 rings (SSSR count). The second-order valence-electron chi connectivity index (χ2n) is 21.6. The van der Waals surface area contributed by atoms with E-state index >= 15 is 0 Å². The molecule has 6 heteroatoms. The van der Waals surface area contributed by atoms with Gasteiger partial charge in [-0.05, 0) is 96.3 Å². The van der Waals surface area contributed by atoms with E-state index < -0.39 is 6.10 Å². The Labute approximate surface area is 471 Å². The molecule has 0 aromatic heterocycles. The summed E-state index contributed by atoms with van der Waals surface area (Å²) < 4.78 is 16.9. The highest BCUT2D eigenvalue weighted by Crippen LogP contribution is 2.17. The van der Waals surface area contributed by atoms with Gasteiger partial charge in [0.05, 0.1) is 0 Å². The quantitative estimate of drug-likeness (QED) is 0.0261. The van der Waals surface area contributed by atoms with Gasteiger partial charge in [0.15, 0.2) is 6.10 Å². The summed E-state index contributed by atoms with van der Waals surface area (Å²) in [7, 11) is 0. The Hall–Kier alpha value is -3.41. The topological polar surface area (TPSA) is 78.9 Å². The summed E-state index contributed by atoms with van der Waals surface area (Å²) in [4.78, 5) is 38.1. The van der Waals surface area contributed by atoms with Gasteiger partial charge in [-0.25, -0.2) is 0 Å². The average Bonchev–Trinajstić information content (AvgIpc) is 3.42. The van der Waals surface area contributed by atoms with Crippen molar-refractivity contribution in [2.24, 2.45) is 0 Å². The molecule has 0 saturated carbocycles. The molecule has 0 fully saturated rings. The Balaban J connectivity index is 4.10. The van der Waals surface area contributed by atoms with Gasteiger partial charge < -0.3 is 14.2 Å². The maximum absolute atomic E-state index is 12.9. The zero-order valence-electron chi connectivity index (χ0n) is 50.3. The number of unbranched alkanes of at least 4 members (excludes halogenated alkanes) is 34. The molecule has 0 aromatic carbocycles. The van der Waals surface area contributed by atoms with E-state index in [4.69, 9.17) is 14.2 Å². The lowest BCUT2D eigenvalue weighted by Crippen LogP contribution is -2.30. The SMILES string of the molecule is CC/C=C\C/C=C\C/C=C\C/C=C\C/C=C\C/C=C\CCCCCCCCCCCCCCCCC(=O)OCC(COC(=O)CCCCCCCCCCC)OC(=O)CCCCCCC/C=C\CCCCCCCCC. The van der Waals surface area contributed by atoms with Crippen molar-refractivity contribution in [3.05, 3.63) is 85.1 Å². The Morgan fingerprint density at radius 3 is 0.816 bits per heavy atom. The van der Waals surface area contributed by atoms with Crippen LogP contribution in [0.5, 0.6) is 0 Å². The smallest absolute Gasteiger partial charge is 0.306 e. The third kappa shape index (κ3) is 61.4. The number of ether oxygens (including phenoxy) is 3. The molecule has 0 saturated heterocycles. The average molecular weight is 1060 g/mol. The zero-order chi connectivity index (χ0) is 55.0. The summed E-state index contributed by atoms with van der Waals surface area (Å²) in [5, 5.41) is 0. The summed E-state index contributed by atoms with van der Waals surface area (Å²) >= 11 is 0. The number of rotatable bonds is 59. The van der Waals surface area contributed by atoms with Crippen molar-refractivity contribution in [1.82, 2.24) is 0 Å². The van der Waals surface area contributed by atoms with Crippen molar-refractivity contribution in [2.45, 2.75) is 329 Å². The second kappa shape index (κ2) is 64.1. The number of carbonyl (C=O) groups excluding carboxylic acids is 3. The molecule has 0 amide bonds. The molecule has 0 aromatic rings. The Morgan fingerprint density at radius 2 is 0.513 bits per heavy atom. The molecular formula is C70H122O6. The Kier molecular flexibility index (Phi) is 61.2. The van der Waals surface area contributed by atoms with Crippen molar-refractivity contribution in [3.8, 4) is 0 Å². The number of hydrogen-bond acceptors (Lipinski definition) is 6. The van der Waals surface area contributed by atoms with Crippen LogP contribution < -0.4 is 0 Å². The van der Waals surface area contributed by atoms with Crippen molar-refractivity contribution < 1.29 is 28.6 Å². The lowest BCUT2D eigenvalue weighted by molar-refractivity contribution is -0.167. The fraction of sp³-hybridized carbons (Fsp3) is 0.757. The molecule has 0 aliphatic rings. The second-order valence-corrected chi connectivity index (χ2v) is 21.6. The predicted octanol–water partition coefficient (Wildman–Crippen LogP) is 22.3. The van der Waals surface area contributed by atoms with E-state index in [0.29, 0.717) is 19.3 Å². The van der Waals surface area contributed by atoms with Crippen LogP contribution in [-0.2, 0) is 28.6 Å². The molecular weight excluding hydrogens is 937 g/mol. The molecule has 438 valence electrons. The first kappa shape index (κ1) is 72.6. The standard InChI is InChI=1S/C70H122O6/c1-4-7-10-13-16-19-21-23-25-27-28-29-30-31-32-33-34-35-36-37-38-39-40-41-42-43-45-46-48-51-54-57-60-63-69(72)75-66-67(65-74-68(71)62-59-56-53-50-18-15-12-9-6-3)76-70(73)64-61-58-55-52-49-47-44-26-24-22-20-17-14-11-8-5-2/h7,10,16,19,23,25-26,28-29,31-32,34-35,44,67H,4-6,8-9,11-15,17-18,20-22,24,27,30,33,36-43,45-66H2,1-3H3/b10-7-,19-16-,25-23-,29-28-,32-31-,35-34-,44-26-. The number of carbonyl (C=O) groups is 3. The first-order chi connectivity index (χ1) is 37.5. The highest BCUT2D eigenvalue weighted by molar-refractivity contribution is 5.71. The van der Waals surface area contributed by atoms with Crippen molar-refractivity contribution in [1.29, 1.82) is 0 Å². The summed E-state index contributed by atoms with van der Waals surface area (Å²) in [6.45, 7) is 6.52. The number of esters is 3. The summed E-state index contributed by atoms with van der Waals surface area (Å²) in [6, 6.07) is 0. The third-order valence-corrected chi connectivity index (χ3v) is 14.1. The molecule has 1 atom stereocenters. The normalized spacial score (nSPS) is 12.6. The monoisotopic (exact) mass is 1060 g/mol. The van der Waals surface area contributed by atoms with E-state index in [1.807, 2.05) is 0 Å². The van der Waals surface area contributed by atoms with Crippen molar-refractivity contribution in [2.75, 3.05) is 13.2 Å². The van der Waals surface area contributed by atoms with E-state index in [1.165, 1.54) is 180 Å². The fourth-order valence-corrected chi connectivity index (χ4v) is 9.27. The summed E-state index contributed by atoms with van der Waals surface area (Å²) in [6.07, 6.45) is 84.7. The molecule has 0 spiro atoms. The van der Waals surface area contributed by atoms with Crippen molar-refractivity contribution in [3.63, 3.8) is 0 Å². The van der Waals surface area contributed by atoms with Crippen LogP contribution >= 0.6 is 0 Å². The van der Waals surface area contributed by atoms with Gasteiger partial charge in [-0.1, -0.05) is 292 Å². The lowest BCUT2D eigenvalue weighted by Gasteiger charge is -2.18. The number of allylic oxidation sites excluding steroid dienone is 14. The van der Waals surface area contributed by atoms with Crippen LogP contribution in [0.1, 0.15) is 323 Å². The van der Waals surface area contributed by atoms with E-state index in [0.717, 1.165) is 103 Å². The first-order valence-electron chi connectivity index (χ1n) is 32.6. The molecule has 1 unspecified atom stereocenters. The van der Waals surface area contributed by atoms with Gasteiger partial charge in [-0.15, -0.1) is 0 Å². The van der Waals surface area contributed by atoms with Crippen LogP contribution in [0.15, 0.2) is 85.1 Å².